The van der Waals surface area contributed by atoms with E-state index in [1.165, 1.54) is 18.2 Å². The van der Waals surface area contributed by atoms with Gasteiger partial charge in [0.1, 0.15) is 5.54 Å². The number of benzene rings is 1. The number of rotatable bonds is 4. The maximum atomic E-state index is 12.1. The van der Waals surface area contributed by atoms with E-state index in [0.717, 1.165) is 6.21 Å². The third-order valence-electron chi connectivity index (χ3n) is 3.39. The Kier molecular flexibility index (Phi) is 3.70. The molecule has 3 amide bonds. The Morgan fingerprint density at radius 3 is 2.67 bits per heavy atom. The molecule has 2 rings (SSSR count). The Morgan fingerprint density at radius 1 is 1.43 bits per heavy atom. The Balaban J connectivity index is 2.29. The molecule has 21 heavy (non-hydrogen) atoms. The van der Waals surface area contributed by atoms with Crippen LogP contribution in [0.1, 0.15) is 25.8 Å². The predicted octanol–water partition coefficient (Wildman–Crippen LogP) is 1.65. The van der Waals surface area contributed by atoms with Crippen LogP contribution in [0.25, 0.3) is 0 Å². The second kappa shape index (κ2) is 5.31. The highest BCUT2D eigenvalue weighted by molar-refractivity contribution is 6.07. The molecule has 1 atom stereocenters. The largest absolute Gasteiger partial charge is 0.346 e. The summed E-state index contributed by atoms with van der Waals surface area (Å²) in [5.74, 6) is -0.482. The van der Waals surface area contributed by atoms with Crippen molar-refractivity contribution in [2.75, 3.05) is 0 Å². The molecule has 0 saturated carbocycles. The summed E-state index contributed by atoms with van der Waals surface area (Å²) in [5.41, 5.74) is -0.920. The Hall–Kier alpha value is -2.77. The summed E-state index contributed by atoms with van der Waals surface area (Å²) >= 11 is 0. The van der Waals surface area contributed by atoms with Gasteiger partial charge in [-0.15, -0.1) is 5.01 Å². The number of para-hydroxylation sites is 1. The molecule has 1 aliphatic heterocycles. The zero-order valence-corrected chi connectivity index (χ0v) is 11.6. The van der Waals surface area contributed by atoms with Gasteiger partial charge in [-0.05, 0) is 19.4 Å². The molecule has 0 bridgehead atoms. The quantitative estimate of drug-likeness (QED) is 0.394. The number of nitro groups is 1. The van der Waals surface area contributed by atoms with Gasteiger partial charge < -0.3 is 5.32 Å². The Bertz CT molecular complexity index is 643. The van der Waals surface area contributed by atoms with Crippen molar-refractivity contribution in [3.63, 3.8) is 0 Å². The van der Waals surface area contributed by atoms with Crippen LogP contribution in [0.15, 0.2) is 29.4 Å². The smallest absolute Gasteiger partial charge is 0.322 e. The Morgan fingerprint density at radius 2 is 2.10 bits per heavy atom. The number of urea groups is 1. The second-order valence-corrected chi connectivity index (χ2v) is 4.79. The molecular formula is C13H14N4O4. The fourth-order valence-corrected chi connectivity index (χ4v) is 1.90. The lowest BCUT2D eigenvalue weighted by molar-refractivity contribution is -0.385. The first-order valence-electron chi connectivity index (χ1n) is 6.33. The van der Waals surface area contributed by atoms with Crippen molar-refractivity contribution in [2.24, 2.45) is 5.10 Å². The molecule has 0 radical (unpaired) electrons. The molecule has 8 heteroatoms. The van der Waals surface area contributed by atoms with Gasteiger partial charge in [-0.25, -0.2) is 4.79 Å². The molecule has 8 nitrogen and oxygen atoms in total. The molecule has 1 fully saturated rings. The lowest BCUT2D eigenvalue weighted by Crippen LogP contribution is -2.42. The Labute approximate surface area is 120 Å². The molecule has 0 spiro atoms. The number of carbonyl (C=O) groups is 2. The first-order valence-corrected chi connectivity index (χ1v) is 6.33. The average Bonchev–Trinajstić information content (AvgIpc) is 2.68. The molecule has 110 valence electrons. The number of imide groups is 1. The van der Waals surface area contributed by atoms with Gasteiger partial charge in [0.05, 0.1) is 16.7 Å². The van der Waals surface area contributed by atoms with E-state index < -0.39 is 22.4 Å². The molecule has 1 unspecified atom stereocenters. The highest BCUT2D eigenvalue weighted by Crippen LogP contribution is 2.21. The average molecular weight is 290 g/mol. The zero-order chi connectivity index (χ0) is 15.6. The van der Waals surface area contributed by atoms with Crippen LogP contribution in [-0.2, 0) is 4.79 Å². The molecular weight excluding hydrogens is 276 g/mol. The zero-order valence-electron chi connectivity index (χ0n) is 11.6. The summed E-state index contributed by atoms with van der Waals surface area (Å²) in [5, 5.41) is 17.9. The van der Waals surface area contributed by atoms with Crippen LogP contribution in [0.5, 0.6) is 0 Å². The van der Waals surface area contributed by atoms with Crippen molar-refractivity contribution in [1.29, 1.82) is 0 Å². The van der Waals surface area contributed by atoms with Gasteiger partial charge in [0.25, 0.3) is 11.6 Å². The summed E-state index contributed by atoms with van der Waals surface area (Å²) in [4.78, 5) is 34.2. The standard InChI is InChI=1S/C13H14N4O4/c1-3-13(2)11(18)16(12(19)15-13)14-8-9-6-4-5-7-10(9)17(20)21/h4-8H,3H2,1-2H3,(H,15,19). The molecule has 1 aliphatic rings. The number of nitrogens with zero attached hydrogens (tertiary/aromatic N) is 3. The van der Waals surface area contributed by atoms with E-state index in [4.69, 9.17) is 0 Å². The molecule has 1 aromatic carbocycles. The first-order chi connectivity index (χ1) is 9.89. The fourth-order valence-electron chi connectivity index (χ4n) is 1.90. The maximum absolute atomic E-state index is 12.1. The van der Waals surface area contributed by atoms with Crippen LogP contribution in [-0.4, -0.2) is 33.6 Å². The van der Waals surface area contributed by atoms with E-state index in [2.05, 4.69) is 10.4 Å². The molecule has 1 aromatic rings. The van der Waals surface area contributed by atoms with E-state index in [1.807, 2.05) is 0 Å². The molecule has 1 saturated heterocycles. The minimum atomic E-state index is -0.989. The summed E-state index contributed by atoms with van der Waals surface area (Å²) in [6, 6.07) is 5.30. The highest BCUT2D eigenvalue weighted by Gasteiger charge is 2.46. The lowest BCUT2D eigenvalue weighted by atomic mass is 10.00. The third-order valence-corrected chi connectivity index (χ3v) is 3.39. The van der Waals surface area contributed by atoms with E-state index in [1.54, 1.807) is 19.9 Å². The molecule has 0 aliphatic carbocycles. The summed E-state index contributed by atoms with van der Waals surface area (Å²) < 4.78 is 0. The van der Waals surface area contributed by atoms with Gasteiger partial charge in [0.15, 0.2) is 0 Å². The van der Waals surface area contributed by atoms with Crippen LogP contribution in [0.2, 0.25) is 0 Å². The van der Waals surface area contributed by atoms with Gasteiger partial charge in [0, 0.05) is 6.07 Å². The topological polar surface area (TPSA) is 105 Å². The monoisotopic (exact) mass is 290 g/mol. The fraction of sp³-hybridized carbons (Fsp3) is 0.308. The summed E-state index contributed by atoms with van der Waals surface area (Å²) in [7, 11) is 0. The van der Waals surface area contributed by atoms with Gasteiger partial charge in [-0.1, -0.05) is 19.1 Å². The number of amides is 3. The van der Waals surface area contributed by atoms with Crippen molar-refractivity contribution in [3.8, 4) is 0 Å². The number of hydrazone groups is 1. The van der Waals surface area contributed by atoms with E-state index in [-0.39, 0.29) is 11.3 Å². The summed E-state index contributed by atoms with van der Waals surface area (Å²) in [6.07, 6.45) is 1.56. The van der Waals surface area contributed by atoms with Crippen LogP contribution >= 0.6 is 0 Å². The van der Waals surface area contributed by atoms with Crippen LogP contribution in [0.3, 0.4) is 0 Å². The van der Waals surface area contributed by atoms with Crippen molar-refractivity contribution < 1.29 is 14.5 Å². The van der Waals surface area contributed by atoms with Gasteiger partial charge >= 0.3 is 6.03 Å². The van der Waals surface area contributed by atoms with Crippen molar-refractivity contribution >= 4 is 23.8 Å². The highest BCUT2D eigenvalue weighted by atomic mass is 16.6. The number of nitrogens with one attached hydrogen (secondary N) is 1. The molecule has 1 heterocycles. The predicted molar refractivity (Wildman–Crippen MR) is 74.8 cm³/mol. The van der Waals surface area contributed by atoms with Crippen molar-refractivity contribution in [2.45, 2.75) is 25.8 Å². The maximum Gasteiger partial charge on any atom is 0.346 e. The number of nitro benzene ring substituents is 1. The number of hydrogen-bond acceptors (Lipinski definition) is 5. The van der Waals surface area contributed by atoms with Crippen molar-refractivity contribution in [1.82, 2.24) is 10.3 Å². The van der Waals surface area contributed by atoms with Gasteiger partial charge in [-0.2, -0.15) is 5.10 Å². The first kappa shape index (κ1) is 14.6. The van der Waals surface area contributed by atoms with Crippen molar-refractivity contribution in [3.05, 3.63) is 39.9 Å². The normalized spacial score (nSPS) is 21.9. The van der Waals surface area contributed by atoms with E-state index in [0.29, 0.717) is 11.4 Å². The molecule has 1 N–H and O–H groups in total. The minimum absolute atomic E-state index is 0.147. The third kappa shape index (κ3) is 2.60. The number of hydrogen-bond donors (Lipinski definition) is 1. The minimum Gasteiger partial charge on any atom is -0.322 e. The second-order valence-electron chi connectivity index (χ2n) is 4.79. The van der Waals surface area contributed by atoms with Crippen LogP contribution in [0, 0.1) is 10.1 Å². The van der Waals surface area contributed by atoms with Crippen LogP contribution in [0.4, 0.5) is 10.5 Å². The number of carbonyl (C=O) groups excluding carboxylic acids is 2. The van der Waals surface area contributed by atoms with Crippen LogP contribution < -0.4 is 5.32 Å². The molecule has 0 aromatic heterocycles. The summed E-state index contributed by atoms with van der Waals surface area (Å²) in [6.45, 7) is 3.38. The van der Waals surface area contributed by atoms with Gasteiger partial charge in [-0.3, -0.25) is 14.9 Å². The van der Waals surface area contributed by atoms with E-state index >= 15 is 0 Å². The van der Waals surface area contributed by atoms with E-state index in [9.17, 15) is 19.7 Å². The van der Waals surface area contributed by atoms with Gasteiger partial charge in [0.2, 0.25) is 0 Å². The SMILES string of the molecule is CCC1(C)NC(=O)N(N=Cc2ccccc2[N+](=O)[O-])C1=O. The lowest BCUT2D eigenvalue weighted by Gasteiger charge is -2.17.